The first-order chi connectivity index (χ1) is 12.2. The van der Waals surface area contributed by atoms with Gasteiger partial charge in [-0.1, -0.05) is 50.4 Å². The molecule has 0 aromatic heterocycles. The average Bonchev–Trinajstić information content (AvgIpc) is 3.11. The zero-order chi connectivity index (χ0) is 19.4. The second-order valence-electron chi connectivity index (χ2n) is 7.39. The maximum atomic E-state index is 12.8. The van der Waals surface area contributed by atoms with Gasteiger partial charge in [0.2, 0.25) is 0 Å². The Kier molecular flexibility index (Phi) is 6.30. The van der Waals surface area contributed by atoms with Crippen molar-refractivity contribution in [3.05, 3.63) is 34.9 Å². The van der Waals surface area contributed by atoms with E-state index < -0.39 is 29.4 Å². The normalized spacial score (nSPS) is 18.0. The van der Waals surface area contributed by atoms with Crippen molar-refractivity contribution in [1.82, 2.24) is 5.32 Å². The molecule has 1 N–H and O–H groups in total. The summed E-state index contributed by atoms with van der Waals surface area (Å²) in [5.74, 6) is -0.932. The minimum absolute atomic E-state index is 0.0672. The quantitative estimate of drug-likeness (QED) is 0.767. The highest BCUT2D eigenvalue weighted by Crippen LogP contribution is 2.42. The Morgan fingerprint density at radius 3 is 2.38 bits per heavy atom. The maximum absolute atomic E-state index is 12.8. The van der Waals surface area contributed by atoms with Crippen molar-refractivity contribution >= 4 is 23.5 Å². The Balaban J connectivity index is 2.06. The predicted molar refractivity (Wildman–Crippen MR) is 99.6 cm³/mol. The van der Waals surface area contributed by atoms with Crippen LogP contribution in [-0.2, 0) is 19.7 Å². The Labute approximate surface area is 159 Å². The van der Waals surface area contributed by atoms with Crippen LogP contribution >= 0.6 is 11.6 Å². The number of hydrogen-bond acceptors (Lipinski definition) is 4. The van der Waals surface area contributed by atoms with E-state index in [-0.39, 0.29) is 5.92 Å². The fourth-order valence-electron chi connectivity index (χ4n) is 3.25. The third-order valence-corrected chi connectivity index (χ3v) is 5.62. The monoisotopic (exact) mass is 376 g/mol. The fraction of sp³-hybridized carbons (Fsp3) is 0.550. The van der Waals surface area contributed by atoms with Crippen LogP contribution in [0, 0.1) is 17.2 Å². The molecule has 1 aliphatic carbocycles. The first-order valence-corrected chi connectivity index (χ1v) is 9.27. The number of halogens is 1. The van der Waals surface area contributed by atoms with Gasteiger partial charge < -0.3 is 10.1 Å². The number of nitrogens with zero attached hydrogens (tertiary/aromatic N) is 1. The van der Waals surface area contributed by atoms with Crippen molar-refractivity contribution in [2.75, 3.05) is 6.61 Å². The van der Waals surface area contributed by atoms with Crippen LogP contribution in [0.1, 0.15) is 52.0 Å². The van der Waals surface area contributed by atoms with Crippen molar-refractivity contribution in [3.8, 4) is 6.07 Å². The standard InChI is InChI=1S/C20H25ClN2O3/c1-14(2)19(3,13-22)23-17(24)12-26-18(25)20(10-4-5-11-20)15-6-8-16(21)9-7-15/h6-9,14H,4-5,10-12H2,1-3H3,(H,23,24)/t19-/m0/s1. The summed E-state index contributed by atoms with van der Waals surface area (Å²) in [6.07, 6.45) is 3.25. The van der Waals surface area contributed by atoms with Gasteiger partial charge in [-0.3, -0.25) is 9.59 Å². The number of hydrogen-bond donors (Lipinski definition) is 1. The van der Waals surface area contributed by atoms with Gasteiger partial charge in [0.25, 0.3) is 5.91 Å². The number of rotatable bonds is 6. The van der Waals surface area contributed by atoms with E-state index in [1.165, 1.54) is 0 Å². The highest BCUT2D eigenvalue weighted by atomic mass is 35.5. The van der Waals surface area contributed by atoms with E-state index in [1.807, 2.05) is 26.0 Å². The van der Waals surface area contributed by atoms with E-state index >= 15 is 0 Å². The molecule has 1 fully saturated rings. The molecule has 0 saturated heterocycles. The molecule has 1 aliphatic rings. The SMILES string of the molecule is CC(C)[C@](C)(C#N)NC(=O)COC(=O)C1(c2ccc(Cl)cc2)CCCC1. The summed E-state index contributed by atoms with van der Waals surface area (Å²) >= 11 is 5.95. The lowest BCUT2D eigenvalue weighted by Crippen LogP contribution is -2.50. The van der Waals surface area contributed by atoms with Crippen molar-refractivity contribution in [2.45, 2.75) is 57.4 Å². The van der Waals surface area contributed by atoms with Gasteiger partial charge in [0.15, 0.2) is 6.61 Å². The van der Waals surface area contributed by atoms with E-state index in [0.717, 1.165) is 18.4 Å². The molecule has 1 aromatic carbocycles. The minimum Gasteiger partial charge on any atom is -0.455 e. The molecule has 1 saturated carbocycles. The highest BCUT2D eigenvalue weighted by molar-refractivity contribution is 6.30. The molecule has 0 heterocycles. The summed E-state index contributed by atoms with van der Waals surface area (Å²) in [5.41, 5.74) is -0.847. The first kappa shape index (κ1) is 20.3. The summed E-state index contributed by atoms with van der Waals surface area (Å²) < 4.78 is 5.35. The second-order valence-corrected chi connectivity index (χ2v) is 7.83. The topological polar surface area (TPSA) is 79.2 Å². The van der Waals surface area contributed by atoms with Gasteiger partial charge in [0.1, 0.15) is 5.54 Å². The Hall–Kier alpha value is -2.06. The molecule has 6 heteroatoms. The average molecular weight is 377 g/mol. The van der Waals surface area contributed by atoms with Gasteiger partial charge in [-0.05, 0) is 43.4 Å². The van der Waals surface area contributed by atoms with Crippen molar-refractivity contribution in [1.29, 1.82) is 5.26 Å². The lowest BCUT2D eigenvalue weighted by molar-refractivity contribution is -0.154. The largest absolute Gasteiger partial charge is 0.455 e. The van der Waals surface area contributed by atoms with E-state index in [9.17, 15) is 14.9 Å². The number of carbonyl (C=O) groups is 2. The molecule has 2 rings (SSSR count). The van der Waals surface area contributed by atoms with Gasteiger partial charge >= 0.3 is 5.97 Å². The molecule has 0 unspecified atom stereocenters. The molecule has 0 radical (unpaired) electrons. The van der Waals surface area contributed by atoms with E-state index in [1.54, 1.807) is 19.1 Å². The summed E-state index contributed by atoms with van der Waals surface area (Å²) in [4.78, 5) is 25.0. The van der Waals surface area contributed by atoms with Gasteiger partial charge in [-0.25, -0.2) is 0 Å². The molecule has 0 aliphatic heterocycles. The van der Waals surface area contributed by atoms with Crippen LogP contribution in [0.4, 0.5) is 0 Å². The third kappa shape index (κ3) is 4.19. The summed E-state index contributed by atoms with van der Waals surface area (Å²) in [7, 11) is 0. The zero-order valence-corrected chi connectivity index (χ0v) is 16.2. The van der Waals surface area contributed by atoms with E-state index in [0.29, 0.717) is 17.9 Å². The van der Waals surface area contributed by atoms with Crippen molar-refractivity contribution in [3.63, 3.8) is 0 Å². The summed E-state index contributed by atoms with van der Waals surface area (Å²) in [5, 5.41) is 12.5. The van der Waals surface area contributed by atoms with Gasteiger partial charge in [0.05, 0.1) is 11.5 Å². The molecule has 0 bridgehead atoms. The molecule has 0 spiro atoms. The van der Waals surface area contributed by atoms with Crippen LogP contribution in [0.5, 0.6) is 0 Å². The molecular formula is C20H25ClN2O3. The van der Waals surface area contributed by atoms with Crippen LogP contribution < -0.4 is 5.32 Å². The second kappa shape index (κ2) is 8.09. The number of ether oxygens (including phenoxy) is 1. The number of amides is 1. The Bertz CT molecular complexity index is 703. The van der Waals surface area contributed by atoms with E-state index in [2.05, 4.69) is 11.4 Å². The highest BCUT2D eigenvalue weighted by Gasteiger charge is 2.44. The molecule has 1 amide bonds. The number of nitriles is 1. The first-order valence-electron chi connectivity index (χ1n) is 8.89. The maximum Gasteiger partial charge on any atom is 0.317 e. The van der Waals surface area contributed by atoms with Crippen LogP contribution in [0.15, 0.2) is 24.3 Å². The van der Waals surface area contributed by atoms with Crippen LogP contribution in [0.2, 0.25) is 5.02 Å². The molecule has 26 heavy (non-hydrogen) atoms. The third-order valence-electron chi connectivity index (χ3n) is 5.37. The molecule has 1 aromatic rings. The summed E-state index contributed by atoms with van der Waals surface area (Å²) in [6, 6.07) is 9.32. The number of nitrogens with one attached hydrogen (secondary N) is 1. The zero-order valence-electron chi connectivity index (χ0n) is 15.5. The van der Waals surface area contributed by atoms with E-state index in [4.69, 9.17) is 16.3 Å². The summed E-state index contributed by atoms with van der Waals surface area (Å²) in [6.45, 7) is 4.97. The van der Waals surface area contributed by atoms with Crippen molar-refractivity contribution in [2.24, 2.45) is 5.92 Å². The molecule has 5 nitrogen and oxygen atoms in total. The number of carbonyl (C=O) groups excluding carboxylic acids is 2. The Morgan fingerprint density at radius 1 is 1.31 bits per heavy atom. The van der Waals surface area contributed by atoms with Gasteiger partial charge in [0, 0.05) is 5.02 Å². The molecular weight excluding hydrogens is 352 g/mol. The smallest absolute Gasteiger partial charge is 0.317 e. The number of esters is 1. The lowest BCUT2D eigenvalue weighted by Gasteiger charge is -2.29. The van der Waals surface area contributed by atoms with Crippen molar-refractivity contribution < 1.29 is 14.3 Å². The van der Waals surface area contributed by atoms with Crippen LogP contribution in [-0.4, -0.2) is 24.0 Å². The molecule has 1 atom stereocenters. The lowest BCUT2D eigenvalue weighted by atomic mass is 9.79. The van der Waals surface area contributed by atoms with Crippen LogP contribution in [0.25, 0.3) is 0 Å². The van der Waals surface area contributed by atoms with Gasteiger partial charge in [-0.2, -0.15) is 5.26 Å². The minimum atomic E-state index is -0.995. The van der Waals surface area contributed by atoms with Gasteiger partial charge in [-0.15, -0.1) is 0 Å². The van der Waals surface area contributed by atoms with Crippen LogP contribution in [0.3, 0.4) is 0 Å². The number of benzene rings is 1. The predicted octanol–water partition coefficient (Wildman–Crippen LogP) is 3.75. The fourth-order valence-corrected chi connectivity index (χ4v) is 3.38. The molecule has 140 valence electrons. The Morgan fingerprint density at radius 2 is 1.88 bits per heavy atom.